The molecule has 6 heteroatoms. The van der Waals surface area contributed by atoms with Crippen LogP contribution in [0.2, 0.25) is 0 Å². The van der Waals surface area contributed by atoms with E-state index in [0.717, 1.165) is 35.6 Å². The minimum atomic E-state index is 0.541. The van der Waals surface area contributed by atoms with E-state index in [1.807, 2.05) is 35.0 Å². The number of aromatic nitrogens is 4. The van der Waals surface area contributed by atoms with E-state index < -0.39 is 0 Å². The van der Waals surface area contributed by atoms with Crippen LogP contribution in [-0.2, 0) is 13.1 Å². The van der Waals surface area contributed by atoms with Crippen LogP contribution in [0.3, 0.4) is 0 Å². The highest BCUT2D eigenvalue weighted by molar-refractivity contribution is 5.73. The summed E-state index contributed by atoms with van der Waals surface area (Å²) in [6.45, 7) is 4.23. The number of hydrogen-bond donors (Lipinski definition) is 1. The van der Waals surface area contributed by atoms with E-state index in [0.29, 0.717) is 6.54 Å². The smallest absolute Gasteiger partial charge is 0.158 e. The van der Waals surface area contributed by atoms with Gasteiger partial charge in [0.15, 0.2) is 5.76 Å². The van der Waals surface area contributed by atoms with E-state index in [1.54, 1.807) is 0 Å². The van der Waals surface area contributed by atoms with Gasteiger partial charge in [-0.25, -0.2) is 4.68 Å². The molecule has 0 fully saturated rings. The van der Waals surface area contributed by atoms with Crippen LogP contribution in [0.1, 0.15) is 18.4 Å². The van der Waals surface area contributed by atoms with Gasteiger partial charge in [0.2, 0.25) is 0 Å². The largest absolute Gasteiger partial charge is 0.359 e. The Balaban J connectivity index is 1.79. The van der Waals surface area contributed by atoms with Crippen LogP contribution in [0, 0.1) is 0 Å². The molecule has 0 spiro atoms. The summed E-state index contributed by atoms with van der Waals surface area (Å²) >= 11 is 0. The number of nitrogens with one attached hydrogen (secondary N) is 1. The summed E-state index contributed by atoms with van der Waals surface area (Å²) in [7, 11) is 0. The minimum Gasteiger partial charge on any atom is -0.359 e. The topological polar surface area (TPSA) is 68.8 Å². The summed E-state index contributed by atoms with van der Waals surface area (Å²) in [5, 5.41) is 15.5. The van der Waals surface area contributed by atoms with Crippen LogP contribution in [0.4, 0.5) is 0 Å². The molecule has 3 rings (SSSR count). The van der Waals surface area contributed by atoms with E-state index in [-0.39, 0.29) is 0 Å². The standard InChI is InChI=1S/C13H15N5O/c1-2-14-8-10-7-11(19-16-10)9-18-13-6-4-3-5-12(13)15-17-18/h3-7,14H,2,8-9H2,1H3. The molecule has 98 valence electrons. The molecule has 0 unspecified atom stereocenters. The molecule has 1 aromatic carbocycles. The van der Waals surface area contributed by atoms with Crippen molar-refractivity contribution < 1.29 is 4.52 Å². The van der Waals surface area contributed by atoms with Crippen molar-refractivity contribution in [3.05, 3.63) is 41.8 Å². The molecular formula is C13H15N5O. The zero-order valence-electron chi connectivity index (χ0n) is 10.7. The van der Waals surface area contributed by atoms with E-state index in [2.05, 4.69) is 27.7 Å². The molecule has 2 aromatic heterocycles. The highest BCUT2D eigenvalue weighted by Crippen LogP contribution is 2.12. The maximum atomic E-state index is 5.31. The Kier molecular flexibility index (Phi) is 3.24. The van der Waals surface area contributed by atoms with Crippen molar-refractivity contribution in [2.24, 2.45) is 0 Å². The van der Waals surface area contributed by atoms with Gasteiger partial charge in [-0.3, -0.25) is 0 Å². The van der Waals surface area contributed by atoms with Crippen molar-refractivity contribution in [1.29, 1.82) is 0 Å². The van der Waals surface area contributed by atoms with E-state index in [4.69, 9.17) is 4.52 Å². The zero-order valence-corrected chi connectivity index (χ0v) is 10.7. The SMILES string of the molecule is CCNCc1cc(Cn2nnc3ccccc32)on1. The van der Waals surface area contributed by atoms with Crippen molar-refractivity contribution in [3.8, 4) is 0 Å². The Bertz CT molecular complexity index is 672. The van der Waals surface area contributed by atoms with Crippen LogP contribution in [0.15, 0.2) is 34.9 Å². The second-order valence-electron chi connectivity index (χ2n) is 4.30. The fourth-order valence-electron chi connectivity index (χ4n) is 1.95. The second-order valence-corrected chi connectivity index (χ2v) is 4.30. The Morgan fingerprint density at radius 2 is 2.21 bits per heavy atom. The molecule has 19 heavy (non-hydrogen) atoms. The highest BCUT2D eigenvalue weighted by Gasteiger charge is 2.08. The Hall–Kier alpha value is -2.21. The molecule has 1 N–H and O–H groups in total. The fourth-order valence-corrected chi connectivity index (χ4v) is 1.95. The van der Waals surface area contributed by atoms with Gasteiger partial charge in [-0.15, -0.1) is 5.10 Å². The third-order valence-electron chi connectivity index (χ3n) is 2.89. The molecule has 0 radical (unpaired) electrons. The Labute approximate surface area is 110 Å². The van der Waals surface area contributed by atoms with Crippen molar-refractivity contribution in [2.45, 2.75) is 20.0 Å². The first-order valence-electron chi connectivity index (χ1n) is 6.30. The number of benzene rings is 1. The molecular weight excluding hydrogens is 242 g/mol. The third-order valence-corrected chi connectivity index (χ3v) is 2.89. The maximum absolute atomic E-state index is 5.31. The lowest BCUT2D eigenvalue weighted by molar-refractivity contribution is 0.365. The molecule has 0 saturated carbocycles. The number of para-hydroxylation sites is 1. The third kappa shape index (κ3) is 2.48. The van der Waals surface area contributed by atoms with Crippen LogP contribution >= 0.6 is 0 Å². The maximum Gasteiger partial charge on any atom is 0.158 e. The van der Waals surface area contributed by atoms with Gasteiger partial charge in [-0.05, 0) is 18.7 Å². The average molecular weight is 257 g/mol. The van der Waals surface area contributed by atoms with Gasteiger partial charge >= 0.3 is 0 Å². The predicted octanol–water partition coefficient (Wildman–Crippen LogP) is 1.58. The van der Waals surface area contributed by atoms with Crippen LogP contribution < -0.4 is 5.32 Å². The van der Waals surface area contributed by atoms with Crippen molar-refractivity contribution in [3.63, 3.8) is 0 Å². The van der Waals surface area contributed by atoms with Gasteiger partial charge in [-0.1, -0.05) is 29.4 Å². The summed E-state index contributed by atoms with van der Waals surface area (Å²) in [6.07, 6.45) is 0. The summed E-state index contributed by atoms with van der Waals surface area (Å²) in [5.74, 6) is 0.781. The van der Waals surface area contributed by atoms with Crippen LogP contribution in [0.25, 0.3) is 11.0 Å². The molecule has 0 amide bonds. The molecule has 6 nitrogen and oxygen atoms in total. The Morgan fingerprint density at radius 1 is 1.32 bits per heavy atom. The van der Waals surface area contributed by atoms with Gasteiger partial charge in [0, 0.05) is 12.6 Å². The minimum absolute atomic E-state index is 0.541. The van der Waals surface area contributed by atoms with Crippen molar-refractivity contribution >= 4 is 11.0 Å². The Morgan fingerprint density at radius 3 is 3.11 bits per heavy atom. The van der Waals surface area contributed by atoms with Crippen LogP contribution in [0.5, 0.6) is 0 Å². The van der Waals surface area contributed by atoms with Crippen molar-refractivity contribution in [1.82, 2.24) is 25.5 Å². The van der Waals surface area contributed by atoms with E-state index >= 15 is 0 Å². The van der Waals surface area contributed by atoms with Gasteiger partial charge in [0.25, 0.3) is 0 Å². The lowest BCUT2D eigenvalue weighted by Crippen LogP contribution is -2.11. The summed E-state index contributed by atoms with van der Waals surface area (Å²) in [4.78, 5) is 0. The zero-order chi connectivity index (χ0) is 13.1. The number of nitrogens with zero attached hydrogens (tertiary/aromatic N) is 4. The highest BCUT2D eigenvalue weighted by atomic mass is 16.5. The molecule has 0 aliphatic carbocycles. The molecule has 2 heterocycles. The molecule has 0 saturated heterocycles. The quantitative estimate of drug-likeness (QED) is 0.751. The lowest BCUT2D eigenvalue weighted by atomic mass is 10.3. The lowest BCUT2D eigenvalue weighted by Gasteiger charge is -1.97. The fraction of sp³-hybridized carbons (Fsp3) is 0.308. The van der Waals surface area contributed by atoms with Gasteiger partial charge in [-0.2, -0.15) is 0 Å². The number of hydrogen-bond acceptors (Lipinski definition) is 5. The first kappa shape index (κ1) is 11.9. The second kappa shape index (κ2) is 5.19. The molecule has 0 atom stereocenters. The number of fused-ring (bicyclic) bond motifs is 1. The van der Waals surface area contributed by atoms with Gasteiger partial charge < -0.3 is 9.84 Å². The average Bonchev–Trinajstić information content (AvgIpc) is 3.05. The van der Waals surface area contributed by atoms with E-state index in [9.17, 15) is 0 Å². The summed E-state index contributed by atoms with van der Waals surface area (Å²) < 4.78 is 7.12. The summed E-state index contributed by atoms with van der Waals surface area (Å²) in [5.41, 5.74) is 2.78. The van der Waals surface area contributed by atoms with Gasteiger partial charge in [0.1, 0.15) is 12.1 Å². The predicted molar refractivity (Wildman–Crippen MR) is 70.5 cm³/mol. The van der Waals surface area contributed by atoms with Gasteiger partial charge in [0.05, 0.1) is 11.2 Å². The van der Waals surface area contributed by atoms with E-state index in [1.165, 1.54) is 0 Å². The molecule has 3 aromatic rings. The summed E-state index contributed by atoms with van der Waals surface area (Å²) in [6, 6.07) is 9.80. The van der Waals surface area contributed by atoms with Crippen molar-refractivity contribution in [2.75, 3.05) is 6.54 Å². The van der Waals surface area contributed by atoms with Crippen LogP contribution in [-0.4, -0.2) is 26.7 Å². The first-order chi connectivity index (χ1) is 9.36. The molecule has 0 aliphatic rings. The number of rotatable bonds is 5. The molecule has 0 bridgehead atoms. The normalized spacial score (nSPS) is 11.2. The molecule has 0 aliphatic heterocycles. The first-order valence-corrected chi connectivity index (χ1v) is 6.30. The monoisotopic (exact) mass is 257 g/mol.